The molecule has 1 aliphatic carbocycles. The zero-order valence-corrected chi connectivity index (χ0v) is 13.8. The van der Waals surface area contributed by atoms with Crippen LogP contribution >= 0.6 is 0 Å². The first-order valence-electron chi connectivity index (χ1n) is 8.86. The summed E-state index contributed by atoms with van der Waals surface area (Å²) in [5.74, 6) is 0. The quantitative estimate of drug-likeness (QED) is 0.825. The number of carbonyl (C=O) groups is 1. The van der Waals surface area contributed by atoms with E-state index in [0.717, 1.165) is 32.4 Å². The summed E-state index contributed by atoms with van der Waals surface area (Å²) >= 11 is 0. The molecule has 0 saturated heterocycles. The lowest BCUT2D eigenvalue weighted by molar-refractivity contribution is 0.185. The van der Waals surface area contributed by atoms with Crippen LogP contribution in [0.2, 0.25) is 0 Å². The first-order valence-corrected chi connectivity index (χ1v) is 8.86. The van der Waals surface area contributed by atoms with Crippen LogP contribution in [0.5, 0.6) is 0 Å². The average Bonchev–Trinajstić information content (AvgIpc) is 2.92. The van der Waals surface area contributed by atoms with E-state index in [1.54, 1.807) is 0 Å². The van der Waals surface area contributed by atoms with Crippen LogP contribution in [-0.4, -0.2) is 28.5 Å². The van der Waals surface area contributed by atoms with Crippen molar-refractivity contribution in [2.75, 3.05) is 6.54 Å². The van der Waals surface area contributed by atoms with Gasteiger partial charge in [0, 0.05) is 47.7 Å². The van der Waals surface area contributed by atoms with E-state index in [0.29, 0.717) is 6.04 Å². The molecule has 2 N–H and O–H groups in total. The van der Waals surface area contributed by atoms with Crippen molar-refractivity contribution in [1.29, 1.82) is 0 Å². The molecule has 4 nitrogen and oxygen atoms in total. The van der Waals surface area contributed by atoms with Gasteiger partial charge in [0.1, 0.15) is 0 Å². The number of benzene rings is 1. The zero-order chi connectivity index (χ0) is 15.8. The van der Waals surface area contributed by atoms with Crippen molar-refractivity contribution in [1.82, 2.24) is 15.2 Å². The molecule has 2 aromatic rings. The highest BCUT2D eigenvalue weighted by Gasteiger charge is 2.25. The maximum Gasteiger partial charge on any atom is 0.317 e. The zero-order valence-electron chi connectivity index (χ0n) is 13.8. The molecule has 4 rings (SSSR count). The third-order valence-electron chi connectivity index (χ3n) is 5.35. The van der Waals surface area contributed by atoms with E-state index in [1.165, 1.54) is 47.0 Å². The van der Waals surface area contributed by atoms with Gasteiger partial charge in [0.15, 0.2) is 0 Å². The fraction of sp³-hybridized carbons (Fsp3) is 0.526. The van der Waals surface area contributed by atoms with Crippen LogP contribution in [0.3, 0.4) is 0 Å². The molecule has 0 spiro atoms. The van der Waals surface area contributed by atoms with Crippen molar-refractivity contribution < 1.29 is 4.79 Å². The van der Waals surface area contributed by atoms with Gasteiger partial charge in [-0.05, 0) is 31.4 Å². The number of aromatic nitrogens is 1. The Hall–Kier alpha value is -1.97. The lowest BCUT2D eigenvalue weighted by atomic mass is 9.95. The van der Waals surface area contributed by atoms with Gasteiger partial charge in [-0.25, -0.2) is 4.79 Å². The number of fused-ring (bicyclic) bond motifs is 3. The molecule has 1 fully saturated rings. The largest absolute Gasteiger partial charge is 0.358 e. The van der Waals surface area contributed by atoms with Gasteiger partial charge in [-0.1, -0.05) is 31.4 Å². The summed E-state index contributed by atoms with van der Waals surface area (Å²) in [5, 5.41) is 4.51. The van der Waals surface area contributed by atoms with Crippen LogP contribution in [0, 0.1) is 6.92 Å². The summed E-state index contributed by atoms with van der Waals surface area (Å²) in [6, 6.07) is 7.02. The summed E-state index contributed by atoms with van der Waals surface area (Å²) in [6.07, 6.45) is 7.00. The van der Waals surface area contributed by atoms with Gasteiger partial charge in [-0.3, -0.25) is 0 Å². The number of hydrogen-bond donors (Lipinski definition) is 2. The van der Waals surface area contributed by atoms with Crippen LogP contribution in [0.4, 0.5) is 4.79 Å². The number of rotatable bonds is 1. The van der Waals surface area contributed by atoms with E-state index < -0.39 is 0 Å². The Morgan fingerprint density at radius 2 is 2.09 bits per heavy atom. The number of carbonyl (C=O) groups excluding carboxylic acids is 1. The van der Waals surface area contributed by atoms with Crippen molar-refractivity contribution >= 4 is 16.9 Å². The van der Waals surface area contributed by atoms with Gasteiger partial charge >= 0.3 is 6.03 Å². The molecule has 0 atom stereocenters. The first kappa shape index (κ1) is 14.6. The standard InChI is InChI=1S/C19H25N3O/c1-13-7-8-15-16-12-22(10-9-17(16)21-18(15)11-13)19(23)20-14-5-3-2-4-6-14/h7-8,11,14,21H,2-6,9-10,12H2,1H3,(H,20,23). The molecule has 1 aromatic carbocycles. The van der Waals surface area contributed by atoms with Gasteiger partial charge in [0.2, 0.25) is 0 Å². The molecule has 0 radical (unpaired) electrons. The van der Waals surface area contributed by atoms with Crippen molar-refractivity contribution in [3.63, 3.8) is 0 Å². The van der Waals surface area contributed by atoms with E-state index in [2.05, 4.69) is 35.4 Å². The van der Waals surface area contributed by atoms with Crippen molar-refractivity contribution in [3.8, 4) is 0 Å². The summed E-state index contributed by atoms with van der Waals surface area (Å²) in [4.78, 5) is 18.1. The third-order valence-corrected chi connectivity index (χ3v) is 5.35. The number of aryl methyl sites for hydroxylation is 1. The average molecular weight is 311 g/mol. The number of nitrogens with zero attached hydrogens (tertiary/aromatic N) is 1. The monoisotopic (exact) mass is 311 g/mol. The molecule has 1 aliphatic heterocycles. The third kappa shape index (κ3) is 2.82. The normalized spacial score (nSPS) is 18.9. The molecule has 2 aliphatic rings. The molecule has 23 heavy (non-hydrogen) atoms. The summed E-state index contributed by atoms with van der Waals surface area (Å²) in [5.41, 5.74) is 5.06. The Kier molecular flexibility index (Phi) is 3.76. The van der Waals surface area contributed by atoms with Crippen molar-refractivity contribution in [3.05, 3.63) is 35.0 Å². The fourth-order valence-electron chi connectivity index (χ4n) is 4.02. The molecule has 0 bridgehead atoms. The van der Waals surface area contributed by atoms with Gasteiger partial charge in [0.25, 0.3) is 0 Å². The number of aromatic amines is 1. The lowest BCUT2D eigenvalue weighted by Gasteiger charge is -2.31. The molecule has 2 heterocycles. The predicted molar refractivity (Wildman–Crippen MR) is 92.6 cm³/mol. The lowest BCUT2D eigenvalue weighted by Crippen LogP contribution is -2.47. The number of hydrogen-bond acceptors (Lipinski definition) is 1. The predicted octanol–water partition coefficient (Wildman–Crippen LogP) is 3.88. The minimum absolute atomic E-state index is 0.115. The van der Waals surface area contributed by atoms with Gasteiger partial charge in [0.05, 0.1) is 0 Å². The Morgan fingerprint density at radius 3 is 2.91 bits per heavy atom. The topological polar surface area (TPSA) is 48.1 Å². The van der Waals surface area contributed by atoms with Gasteiger partial charge in [-0.2, -0.15) is 0 Å². The maximum absolute atomic E-state index is 12.6. The fourth-order valence-corrected chi connectivity index (χ4v) is 4.02. The van der Waals surface area contributed by atoms with Crippen LogP contribution in [0.15, 0.2) is 18.2 Å². The molecular weight excluding hydrogens is 286 g/mol. The van der Waals surface area contributed by atoms with Gasteiger partial charge in [-0.15, -0.1) is 0 Å². The minimum Gasteiger partial charge on any atom is -0.358 e. The number of urea groups is 1. The molecule has 1 aromatic heterocycles. The van der Waals surface area contributed by atoms with E-state index in [4.69, 9.17) is 0 Å². The second-order valence-corrected chi connectivity index (χ2v) is 7.09. The Labute approximate surface area is 137 Å². The molecule has 122 valence electrons. The summed E-state index contributed by atoms with van der Waals surface area (Å²) < 4.78 is 0. The van der Waals surface area contributed by atoms with Crippen LogP contribution in [0.1, 0.15) is 48.9 Å². The highest BCUT2D eigenvalue weighted by atomic mass is 16.2. The second kappa shape index (κ2) is 5.91. The maximum atomic E-state index is 12.6. The van der Waals surface area contributed by atoms with E-state index in [-0.39, 0.29) is 6.03 Å². The molecule has 4 heteroatoms. The molecular formula is C19H25N3O. The number of amides is 2. The number of nitrogens with one attached hydrogen (secondary N) is 2. The molecule has 1 saturated carbocycles. The van der Waals surface area contributed by atoms with Crippen LogP contribution < -0.4 is 5.32 Å². The SMILES string of the molecule is Cc1ccc2c3c([nH]c2c1)CCN(C(=O)NC1CCCCC1)C3. The molecule has 2 amide bonds. The molecule has 0 unspecified atom stereocenters. The van der Waals surface area contributed by atoms with Crippen LogP contribution in [-0.2, 0) is 13.0 Å². The van der Waals surface area contributed by atoms with E-state index in [9.17, 15) is 4.79 Å². The minimum atomic E-state index is 0.115. The van der Waals surface area contributed by atoms with Crippen molar-refractivity contribution in [2.45, 2.75) is 58.0 Å². The first-order chi connectivity index (χ1) is 11.2. The van der Waals surface area contributed by atoms with Gasteiger partial charge < -0.3 is 15.2 Å². The summed E-state index contributed by atoms with van der Waals surface area (Å²) in [7, 11) is 0. The van der Waals surface area contributed by atoms with E-state index in [1.807, 2.05) is 4.90 Å². The number of H-pyrrole nitrogens is 1. The highest BCUT2D eigenvalue weighted by Crippen LogP contribution is 2.28. The van der Waals surface area contributed by atoms with Crippen molar-refractivity contribution in [2.24, 2.45) is 0 Å². The Balaban J connectivity index is 1.51. The van der Waals surface area contributed by atoms with E-state index >= 15 is 0 Å². The second-order valence-electron chi connectivity index (χ2n) is 7.09. The summed E-state index contributed by atoms with van der Waals surface area (Å²) in [6.45, 7) is 3.64. The smallest absolute Gasteiger partial charge is 0.317 e. The highest BCUT2D eigenvalue weighted by molar-refractivity contribution is 5.86. The Morgan fingerprint density at radius 1 is 1.26 bits per heavy atom. The Bertz CT molecular complexity index is 728. The van der Waals surface area contributed by atoms with Crippen LogP contribution in [0.25, 0.3) is 10.9 Å².